The molecular weight excluding hydrogens is 270 g/mol. The van der Waals surface area contributed by atoms with Crippen LogP contribution in [0.2, 0.25) is 0 Å². The molecule has 0 heterocycles. The van der Waals surface area contributed by atoms with Crippen molar-refractivity contribution >= 4 is 11.9 Å². The summed E-state index contributed by atoms with van der Waals surface area (Å²) in [6, 6.07) is 5.74. The molecule has 0 aliphatic carbocycles. The Hall–Kier alpha value is -2.04. The van der Waals surface area contributed by atoms with E-state index in [0.29, 0.717) is 5.75 Å². The molecule has 5 nitrogen and oxygen atoms in total. The average molecular weight is 293 g/mol. The van der Waals surface area contributed by atoms with E-state index in [-0.39, 0.29) is 19.1 Å². The number of nitrogens with zero attached hydrogens (tertiary/aromatic N) is 1. The summed E-state index contributed by atoms with van der Waals surface area (Å²) >= 11 is 0. The van der Waals surface area contributed by atoms with Crippen LogP contribution < -0.4 is 4.74 Å². The van der Waals surface area contributed by atoms with E-state index >= 15 is 0 Å². The smallest absolute Gasteiger partial charge is 0.323 e. The number of carbonyl (C=O) groups is 2. The number of ether oxygens (including phenoxy) is 1. The molecule has 0 aliphatic heterocycles. The highest BCUT2D eigenvalue weighted by molar-refractivity contribution is 5.83. The molecule has 0 spiro atoms. The van der Waals surface area contributed by atoms with Crippen molar-refractivity contribution in [3.63, 3.8) is 0 Å². The number of carboxylic acid groups (broad SMARTS) is 1. The van der Waals surface area contributed by atoms with E-state index in [9.17, 15) is 9.59 Å². The van der Waals surface area contributed by atoms with E-state index in [4.69, 9.17) is 9.84 Å². The molecule has 0 radical (unpaired) electrons. The maximum absolute atomic E-state index is 12.3. The van der Waals surface area contributed by atoms with Crippen molar-refractivity contribution in [2.45, 2.75) is 40.2 Å². The Morgan fingerprint density at radius 3 is 2.14 bits per heavy atom. The van der Waals surface area contributed by atoms with Crippen molar-refractivity contribution in [1.82, 2.24) is 4.90 Å². The summed E-state index contributed by atoms with van der Waals surface area (Å²) in [4.78, 5) is 24.5. The standard InChI is InChI=1S/C16H23NO4/c1-11-7-6-8-12(2)15(11)21-10-13(18)17(9-14(19)20)16(3,4)5/h6-8H,9-10H2,1-5H3,(H,19,20). The number of rotatable bonds is 5. The van der Waals surface area contributed by atoms with Gasteiger partial charge in [0.25, 0.3) is 5.91 Å². The highest BCUT2D eigenvalue weighted by Crippen LogP contribution is 2.22. The molecule has 1 N–H and O–H groups in total. The van der Waals surface area contributed by atoms with Gasteiger partial charge in [-0.3, -0.25) is 9.59 Å². The summed E-state index contributed by atoms with van der Waals surface area (Å²) in [6.07, 6.45) is 0. The molecule has 1 aromatic carbocycles. The van der Waals surface area contributed by atoms with Gasteiger partial charge in [0.15, 0.2) is 6.61 Å². The lowest BCUT2D eigenvalue weighted by molar-refractivity contribution is -0.149. The topological polar surface area (TPSA) is 66.8 Å². The van der Waals surface area contributed by atoms with Crippen LogP contribution in [0.1, 0.15) is 31.9 Å². The van der Waals surface area contributed by atoms with Crippen LogP contribution in [-0.2, 0) is 9.59 Å². The first kappa shape index (κ1) is 17.0. The molecule has 0 fully saturated rings. The van der Waals surface area contributed by atoms with E-state index in [1.54, 1.807) is 20.8 Å². The predicted octanol–water partition coefficient (Wildman–Crippen LogP) is 2.39. The number of hydrogen-bond acceptors (Lipinski definition) is 3. The lowest BCUT2D eigenvalue weighted by Gasteiger charge is -2.34. The average Bonchev–Trinajstić information content (AvgIpc) is 2.33. The molecule has 1 rings (SSSR count). The van der Waals surface area contributed by atoms with Crippen LogP contribution in [0.25, 0.3) is 0 Å². The molecule has 5 heteroatoms. The molecular formula is C16H23NO4. The van der Waals surface area contributed by atoms with Crippen LogP contribution in [0, 0.1) is 13.8 Å². The van der Waals surface area contributed by atoms with Crippen LogP contribution in [0.15, 0.2) is 18.2 Å². The highest BCUT2D eigenvalue weighted by Gasteiger charge is 2.28. The summed E-state index contributed by atoms with van der Waals surface area (Å²) in [5.74, 6) is -0.701. The number of benzene rings is 1. The molecule has 1 amide bonds. The Morgan fingerprint density at radius 1 is 1.19 bits per heavy atom. The number of carbonyl (C=O) groups excluding carboxylic acids is 1. The minimum atomic E-state index is -1.04. The van der Waals surface area contributed by atoms with Gasteiger partial charge in [-0.05, 0) is 45.7 Å². The first-order chi connectivity index (χ1) is 9.62. The van der Waals surface area contributed by atoms with Gasteiger partial charge in [0, 0.05) is 5.54 Å². The van der Waals surface area contributed by atoms with Crippen LogP contribution in [0.4, 0.5) is 0 Å². The van der Waals surface area contributed by atoms with Crippen molar-refractivity contribution in [3.8, 4) is 5.75 Å². The van der Waals surface area contributed by atoms with Crippen LogP contribution in [0.5, 0.6) is 5.75 Å². The summed E-state index contributed by atoms with van der Waals surface area (Å²) < 4.78 is 5.60. The first-order valence-electron chi connectivity index (χ1n) is 6.84. The zero-order valence-electron chi connectivity index (χ0n) is 13.3. The number of carboxylic acids is 1. The highest BCUT2D eigenvalue weighted by atomic mass is 16.5. The second-order valence-corrected chi connectivity index (χ2v) is 6.05. The maximum Gasteiger partial charge on any atom is 0.323 e. The van der Waals surface area contributed by atoms with Crippen molar-refractivity contribution < 1.29 is 19.4 Å². The lowest BCUT2D eigenvalue weighted by atomic mass is 10.1. The second kappa shape index (κ2) is 6.61. The van der Waals surface area contributed by atoms with Gasteiger partial charge < -0.3 is 14.7 Å². The zero-order valence-corrected chi connectivity index (χ0v) is 13.3. The van der Waals surface area contributed by atoms with E-state index in [0.717, 1.165) is 11.1 Å². The summed E-state index contributed by atoms with van der Waals surface area (Å²) in [5.41, 5.74) is 1.33. The van der Waals surface area contributed by atoms with Gasteiger partial charge in [0.1, 0.15) is 12.3 Å². The van der Waals surface area contributed by atoms with E-state index in [2.05, 4.69) is 0 Å². The van der Waals surface area contributed by atoms with Gasteiger partial charge in [0.05, 0.1) is 0 Å². The fourth-order valence-corrected chi connectivity index (χ4v) is 2.07. The Balaban J connectivity index is 2.81. The van der Waals surface area contributed by atoms with Crippen LogP contribution >= 0.6 is 0 Å². The fourth-order valence-electron chi connectivity index (χ4n) is 2.07. The van der Waals surface area contributed by atoms with E-state index in [1.807, 2.05) is 32.0 Å². The zero-order chi connectivity index (χ0) is 16.2. The molecule has 0 saturated carbocycles. The van der Waals surface area contributed by atoms with Gasteiger partial charge in [-0.1, -0.05) is 18.2 Å². The van der Waals surface area contributed by atoms with E-state index in [1.165, 1.54) is 4.90 Å². The van der Waals surface area contributed by atoms with Gasteiger partial charge in [-0.15, -0.1) is 0 Å². The van der Waals surface area contributed by atoms with Gasteiger partial charge in [-0.2, -0.15) is 0 Å². The third-order valence-corrected chi connectivity index (χ3v) is 3.15. The molecule has 0 saturated heterocycles. The number of amides is 1. The SMILES string of the molecule is Cc1cccc(C)c1OCC(=O)N(CC(=O)O)C(C)(C)C. The van der Waals surface area contributed by atoms with Crippen molar-refractivity contribution in [1.29, 1.82) is 0 Å². The number of para-hydroxylation sites is 1. The number of aryl methyl sites for hydroxylation is 2. The molecule has 0 bridgehead atoms. The normalized spacial score (nSPS) is 11.1. The van der Waals surface area contributed by atoms with Gasteiger partial charge in [0.2, 0.25) is 0 Å². The largest absolute Gasteiger partial charge is 0.483 e. The molecule has 0 aromatic heterocycles. The van der Waals surface area contributed by atoms with Crippen LogP contribution in [0.3, 0.4) is 0 Å². The minimum Gasteiger partial charge on any atom is -0.483 e. The first-order valence-corrected chi connectivity index (χ1v) is 6.84. The van der Waals surface area contributed by atoms with Crippen LogP contribution in [-0.4, -0.2) is 40.6 Å². The molecule has 0 unspecified atom stereocenters. The molecule has 0 atom stereocenters. The van der Waals surface area contributed by atoms with Crippen molar-refractivity contribution in [2.24, 2.45) is 0 Å². The summed E-state index contributed by atoms with van der Waals surface area (Å²) in [6.45, 7) is 8.71. The molecule has 0 aliphatic rings. The molecule has 21 heavy (non-hydrogen) atoms. The lowest BCUT2D eigenvalue weighted by Crippen LogP contribution is -2.50. The van der Waals surface area contributed by atoms with E-state index < -0.39 is 11.5 Å². The van der Waals surface area contributed by atoms with Crippen molar-refractivity contribution in [2.75, 3.05) is 13.2 Å². The Morgan fingerprint density at radius 2 is 1.71 bits per heavy atom. The quantitative estimate of drug-likeness (QED) is 0.905. The second-order valence-electron chi connectivity index (χ2n) is 6.05. The van der Waals surface area contributed by atoms with Gasteiger partial charge >= 0.3 is 5.97 Å². The number of aliphatic carboxylic acids is 1. The fraction of sp³-hybridized carbons (Fsp3) is 0.500. The Kier molecular flexibility index (Phi) is 5.35. The maximum atomic E-state index is 12.3. The number of hydrogen-bond donors (Lipinski definition) is 1. The minimum absolute atomic E-state index is 0.170. The third-order valence-electron chi connectivity index (χ3n) is 3.15. The monoisotopic (exact) mass is 293 g/mol. The predicted molar refractivity (Wildman–Crippen MR) is 80.5 cm³/mol. The van der Waals surface area contributed by atoms with Crippen molar-refractivity contribution in [3.05, 3.63) is 29.3 Å². The van der Waals surface area contributed by atoms with Gasteiger partial charge in [-0.25, -0.2) is 0 Å². The molecule has 116 valence electrons. The molecule has 1 aromatic rings. The summed E-state index contributed by atoms with van der Waals surface area (Å²) in [5, 5.41) is 8.93. The Bertz CT molecular complexity index is 511. The third kappa shape index (κ3) is 4.77. The summed E-state index contributed by atoms with van der Waals surface area (Å²) in [7, 11) is 0. The Labute approximate surface area is 125 Å².